The van der Waals surface area contributed by atoms with Gasteiger partial charge in [0.1, 0.15) is 0 Å². The number of hydrogen-bond acceptors (Lipinski definition) is 4. The maximum Gasteiger partial charge on any atom is 0.211 e. The summed E-state index contributed by atoms with van der Waals surface area (Å²) in [5.41, 5.74) is 0. The first-order chi connectivity index (χ1) is 8.02. The second-order valence-electron chi connectivity index (χ2n) is 5.06. The molecule has 5 nitrogen and oxygen atoms in total. The zero-order valence-corrected chi connectivity index (χ0v) is 11.4. The topological polar surface area (TPSA) is 49.9 Å². The average Bonchev–Trinajstić information content (AvgIpc) is 2.19. The normalized spacial score (nSPS) is 32.4. The summed E-state index contributed by atoms with van der Waals surface area (Å²) in [6, 6.07) is 0.884. The Morgan fingerprint density at radius 1 is 1.29 bits per heavy atom. The Morgan fingerprint density at radius 3 is 2.65 bits per heavy atom. The molecule has 0 N–H and O–H groups in total. The van der Waals surface area contributed by atoms with Gasteiger partial charge in [0.15, 0.2) is 0 Å². The third kappa shape index (κ3) is 2.99. The molecule has 0 bridgehead atoms. The summed E-state index contributed by atoms with van der Waals surface area (Å²) in [6.45, 7) is 3.17. The van der Waals surface area contributed by atoms with Crippen LogP contribution < -0.4 is 0 Å². The number of nitrogens with zero attached hydrogens (tertiary/aromatic N) is 2. The van der Waals surface area contributed by atoms with Crippen LogP contribution in [-0.4, -0.2) is 69.3 Å². The van der Waals surface area contributed by atoms with Crippen molar-refractivity contribution in [3.8, 4) is 0 Å². The second-order valence-corrected chi connectivity index (χ2v) is 7.05. The molecule has 0 aliphatic carbocycles. The van der Waals surface area contributed by atoms with Crippen LogP contribution in [0.15, 0.2) is 0 Å². The van der Waals surface area contributed by atoms with Crippen LogP contribution in [0.1, 0.15) is 19.3 Å². The average molecular weight is 262 g/mol. The number of hydrogen-bond donors (Lipinski definition) is 0. The molecule has 0 spiro atoms. The predicted octanol–water partition coefficient (Wildman–Crippen LogP) is 0.131. The van der Waals surface area contributed by atoms with Crippen molar-refractivity contribution in [1.29, 1.82) is 0 Å². The molecular formula is C11H22N2O3S. The van der Waals surface area contributed by atoms with Gasteiger partial charge in [-0.1, -0.05) is 0 Å². The van der Waals surface area contributed by atoms with E-state index in [0.29, 0.717) is 25.2 Å². The van der Waals surface area contributed by atoms with Gasteiger partial charge in [0.2, 0.25) is 10.0 Å². The van der Waals surface area contributed by atoms with Crippen molar-refractivity contribution in [3.63, 3.8) is 0 Å². The molecule has 100 valence electrons. The third-order valence-corrected chi connectivity index (χ3v) is 5.07. The summed E-state index contributed by atoms with van der Waals surface area (Å²) >= 11 is 0. The SMILES string of the molecule is COC[C@@H]1C[C@@H]2CN(S(C)(=O)=O)CCCCN12. The molecule has 0 aromatic rings. The second kappa shape index (κ2) is 5.22. The summed E-state index contributed by atoms with van der Waals surface area (Å²) in [5.74, 6) is 0. The highest BCUT2D eigenvalue weighted by Gasteiger charge is 2.40. The van der Waals surface area contributed by atoms with E-state index in [1.807, 2.05) is 0 Å². The number of ether oxygens (including phenoxy) is 1. The molecule has 2 heterocycles. The molecule has 2 atom stereocenters. The molecular weight excluding hydrogens is 240 g/mol. The molecule has 2 rings (SSSR count). The highest BCUT2D eigenvalue weighted by atomic mass is 32.2. The minimum atomic E-state index is -3.04. The summed E-state index contributed by atoms with van der Waals surface area (Å²) in [5, 5.41) is 0. The van der Waals surface area contributed by atoms with E-state index in [9.17, 15) is 8.42 Å². The van der Waals surface area contributed by atoms with Crippen molar-refractivity contribution in [2.45, 2.75) is 31.3 Å². The van der Waals surface area contributed by atoms with E-state index in [1.165, 1.54) is 6.26 Å². The van der Waals surface area contributed by atoms with Crippen LogP contribution in [0.4, 0.5) is 0 Å². The van der Waals surface area contributed by atoms with E-state index in [-0.39, 0.29) is 0 Å². The van der Waals surface area contributed by atoms with Crippen LogP contribution in [0.25, 0.3) is 0 Å². The molecule has 2 saturated heterocycles. The van der Waals surface area contributed by atoms with Crippen LogP contribution >= 0.6 is 0 Å². The van der Waals surface area contributed by atoms with E-state index in [0.717, 1.165) is 32.4 Å². The van der Waals surface area contributed by atoms with Gasteiger partial charge in [-0.05, 0) is 25.8 Å². The van der Waals surface area contributed by atoms with E-state index in [4.69, 9.17) is 4.74 Å². The highest BCUT2D eigenvalue weighted by Crippen LogP contribution is 2.29. The van der Waals surface area contributed by atoms with Crippen LogP contribution in [0.2, 0.25) is 0 Å². The fraction of sp³-hybridized carbons (Fsp3) is 1.00. The molecule has 0 radical (unpaired) electrons. The molecule has 0 amide bonds. The lowest BCUT2D eigenvalue weighted by molar-refractivity contribution is -0.0401. The lowest BCUT2D eigenvalue weighted by Gasteiger charge is -2.50. The first-order valence-corrected chi connectivity index (χ1v) is 8.07. The van der Waals surface area contributed by atoms with Crippen LogP contribution in [-0.2, 0) is 14.8 Å². The van der Waals surface area contributed by atoms with Gasteiger partial charge in [-0.15, -0.1) is 0 Å². The van der Waals surface area contributed by atoms with Crippen molar-refractivity contribution in [1.82, 2.24) is 9.21 Å². The van der Waals surface area contributed by atoms with Gasteiger partial charge < -0.3 is 4.74 Å². The van der Waals surface area contributed by atoms with Gasteiger partial charge >= 0.3 is 0 Å². The number of fused-ring (bicyclic) bond motifs is 1. The first kappa shape index (κ1) is 13.3. The molecule has 2 fully saturated rings. The standard InChI is InChI=1S/C11H22N2O3S/c1-16-9-11-7-10-8-12(17(2,14)15)5-3-4-6-13(10)11/h10-11H,3-9H2,1-2H3/t10-,11+/m1/s1. The Balaban J connectivity index is 1.98. The largest absolute Gasteiger partial charge is 0.383 e. The fourth-order valence-corrected chi connectivity index (χ4v) is 3.76. The number of rotatable bonds is 3. The molecule has 0 aromatic heterocycles. The monoisotopic (exact) mass is 262 g/mol. The summed E-state index contributed by atoms with van der Waals surface area (Å²) in [6.07, 6.45) is 4.39. The summed E-state index contributed by atoms with van der Waals surface area (Å²) < 4.78 is 30.1. The quantitative estimate of drug-likeness (QED) is 0.725. The Bertz CT molecular complexity index is 358. The first-order valence-electron chi connectivity index (χ1n) is 6.22. The molecule has 17 heavy (non-hydrogen) atoms. The molecule has 0 unspecified atom stereocenters. The number of methoxy groups -OCH3 is 1. The Hall–Kier alpha value is -0.170. The summed E-state index contributed by atoms with van der Waals surface area (Å²) in [7, 11) is -1.32. The Morgan fingerprint density at radius 2 is 2.00 bits per heavy atom. The lowest BCUT2D eigenvalue weighted by Crippen LogP contribution is -2.62. The van der Waals surface area contributed by atoms with Crippen molar-refractivity contribution in [2.75, 3.05) is 39.6 Å². The predicted molar refractivity (Wildman–Crippen MR) is 66.4 cm³/mol. The Kier molecular flexibility index (Phi) is 4.07. The van der Waals surface area contributed by atoms with E-state index in [1.54, 1.807) is 11.4 Å². The van der Waals surface area contributed by atoms with E-state index in [2.05, 4.69) is 4.90 Å². The Labute approximate surface area is 104 Å². The number of sulfonamides is 1. The van der Waals surface area contributed by atoms with Crippen LogP contribution in [0.5, 0.6) is 0 Å². The van der Waals surface area contributed by atoms with Crippen LogP contribution in [0.3, 0.4) is 0 Å². The van der Waals surface area contributed by atoms with Gasteiger partial charge in [0.25, 0.3) is 0 Å². The van der Waals surface area contributed by atoms with Gasteiger partial charge in [0.05, 0.1) is 12.9 Å². The van der Waals surface area contributed by atoms with E-state index >= 15 is 0 Å². The minimum Gasteiger partial charge on any atom is -0.383 e. The van der Waals surface area contributed by atoms with Crippen molar-refractivity contribution >= 4 is 10.0 Å². The zero-order chi connectivity index (χ0) is 12.5. The molecule has 2 aliphatic heterocycles. The van der Waals surface area contributed by atoms with Crippen LogP contribution in [0, 0.1) is 0 Å². The van der Waals surface area contributed by atoms with Gasteiger partial charge in [0, 0.05) is 32.3 Å². The maximum atomic E-state index is 11.6. The van der Waals surface area contributed by atoms with E-state index < -0.39 is 10.0 Å². The molecule has 0 saturated carbocycles. The van der Waals surface area contributed by atoms with Crippen molar-refractivity contribution < 1.29 is 13.2 Å². The smallest absolute Gasteiger partial charge is 0.211 e. The third-order valence-electron chi connectivity index (χ3n) is 3.80. The van der Waals surface area contributed by atoms with Crippen molar-refractivity contribution in [3.05, 3.63) is 0 Å². The van der Waals surface area contributed by atoms with Crippen molar-refractivity contribution in [2.24, 2.45) is 0 Å². The molecule has 6 heteroatoms. The molecule has 2 aliphatic rings. The van der Waals surface area contributed by atoms with Gasteiger partial charge in [-0.25, -0.2) is 12.7 Å². The van der Waals surface area contributed by atoms with Gasteiger partial charge in [-0.2, -0.15) is 0 Å². The molecule has 0 aromatic carbocycles. The minimum absolute atomic E-state index is 0.394. The lowest BCUT2D eigenvalue weighted by atomic mass is 9.91. The summed E-state index contributed by atoms with van der Waals surface area (Å²) in [4.78, 5) is 2.40. The highest BCUT2D eigenvalue weighted by molar-refractivity contribution is 7.88. The maximum absolute atomic E-state index is 11.6. The fourth-order valence-electron chi connectivity index (χ4n) is 2.86. The van der Waals surface area contributed by atoms with Gasteiger partial charge in [-0.3, -0.25) is 4.90 Å². The zero-order valence-electron chi connectivity index (χ0n) is 10.6.